The lowest BCUT2D eigenvalue weighted by Crippen LogP contribution is -2.27. The highest BCUT2D eigenvalue weighted by molar-refractivity contribution is 6.30. The third-order valence-corrected chi connectivity index (χ3v) is 4.71. The number of hydrogen-bond donors (Lipinski definition) is 0. The molecule has 1 aromatic rings. The lowest BCUT2D eigenvalue weighted by Gasteiger charge is -2.26. The number of rotatable bonds is 3. The Bertz CT molecular complexity index is 445. The largest absolute Gasteiger partial charge is 0.356 e. The van der Waals surface area contributed by atoms with Crippen LogP contribution < -0.4 is 4.90 Å². The second kappa shape index (κ2) is 6.75. The summed E-state index contributed by atoms with van der Waals surface area (Å²) in [4.78, 5) is 11.1. The van der Waals surface area contributed by atoms with E-state index in [-0.39, 0.29) is 0 Å². The fourth-order valence-corrected chi connectivity index (χ4v) is 3.46. The van der Waals surface area contributed by atoms with Crippen LogP contribution in [0.1, 0.15) is 58.4 Å². The molecule has 1 unspecified atom stereocenters. The fraction of sp³-hybridized carbons (Fsp3) is 0.750. The van der Waals surface area contributed by atoms with Crippen molar-refractivity contribution in [2.75, 3.05) is 18.0 Å². The summed E-state index contributed by atoms with van der Waals surface area (Å²) < 4.78 is 0. The smallest absolute Gasteiger partial charge is 0.138 e. The topological polar surface area (TPSA) is 29.0 Å². The van der Waals surface area contributed by atoms with Crippen LogP contribution in [-0.4, -0.2) is 23.1 Å². The van der Waals surface area contributed by atoms with Crippen LogP contribution in [0.15, 0.2) is 6.33 Å². The van der Waals surface area contributed by atoms with Gasteiger partial charge in [-0.15, -0.1) is 0 Å². The average molecular weight is 296 g/mol. The van der Waals surface area contributed by atoms with Crippen LogP contribution in [0.3, 0.4) is 0 Å². The Labute approximate surface area is 127 Å². The maximum atomic E-state index is 6.29. The fourth-order valence-electron chi connectivity index (χ4n) is 3.11. The molecule has 2 heterocycles. The first kappa shape index (κ1) is 15.6. The highest BCUT2D eigenvalue weighted by Gasteiger charge is 2.23. The van der Waals surface area contributed by atoms with Gasteiger partial charge < -0.3 is 4.90 Å². The number of aromatic nitrogens is 2. The molecule has 2 rings (SSSR count). The maximum Gasteiger partial charge on any atom is 0.138 e. The first-order valence-electron chi connectivity index (χ1n) is 7.76. The highest BCUT2D eigenvalue weighted by Crippen LogP contribution is 2.33. The molecule has 1 saturated heterocycles. The Balaban J connectivity index is 2.22. The van der Waals surface area contributed by atoms with Crippen molar-refractivity contribution in [1.29, 1.82) is 0 Å². The van der Waals surface area contributed by atoms with Crippen molar-refractivity contribution < 1.29 is 0 Å². The van der Waals surface area contributed by atoms with Crippen molar-refractivity contribution in [3.8, 4) is 0 Å². The predicted molar refractivity (Wildman–Crippen MR) is 85.5 cm³/mol. The highest BCUT2D eigenvalue weighted by atomic mass is 35.5. The van der Waals surface area contributed by atoms with Crippen LogP contribution in [0.4, 0.5) is 5.82 Å². The summed E-state index contributed by atoms with van der Waals surface area (Å²) in [6.07, 6.45) is 5.40. The van der Waals surface area contributed by atoms with E-state index in [4.69, 9.17) is 11.6 Å². The molecule has 1 atom stereocenters. The van der Waals surface area contributed by atoms with Crippen LogP contribution in [-0.2, 0) is 0 Å². The zero-order valence-corrected chi connectivity index (χ0v) is 13.8. The van der Waals surface area contributed by atoms with E-state index >= 15 is 0 Å². The molecule has 0 amide bonds. The molecule has 1 aromatic heterocycles. The molecule has 0 bridgehead atoms. The summed E-state index contributed by atoms with van der Waals surface area (Å²) in [5.41, 5.74) is 1.09. The molecule has 1 fully saturated rings. The minimum atomic E-state index is 0.350. The molecular formula is C16H26ClN3. The van der Waals surface area contributed by atoms with Gasteiger partial charge in [-0.05, 0) is 37.0 Å². The molecule has 20 heavy (non-hydrogen) atoms. The molecule has 112 valence electrons. The second-order valence-electron chi connectivity index (χ2n) is 6.48. The summed E-state index contributed by atoms with van der Waals surface area (Å²) >= 11 is 6.29. The Morgan fingerprint density at radius 2 is 1.90 bits per heavy atom. The van der Waals surface area contributed by atoms with E-state index in [0.717, 1.165) is 36.3 Å². The van der Waals surface area contributed by atoms with Gasteiger partial charge >= 0.3 is 0 Å². The van der Waals surface area contributed by atoms with Gasteiger partial charge in [-0.25, -0.2) is 9.97 Å². The molecule has 0 N–H and O–H groups in total. The Morgan fingerprint density at radius 1 is 1.15 bits per heavy atom. The van der Waals surface area contributed by atoms with Crippen LogP contribution in [0.25, 0.3) is 0 Å². The minimum absolute atomic E-state index is 0.350. The number of hydrogen-bond acceptors (Lipinski definition) is 3. The third-order valence-electron chi connectivity index (χ3n) is 4.41. The summed E-state index contributed by atoms with van der Waals surface area (Å²) in [5, 5.41) is 0.606. The van der Waals surface area contributed by atoms with Crippen molar-refractivity contribution in [2.24, 2.45) is 11.8 Å². The van der Waals surface area contributed by atoms with Gasteiger partial charge in [0.05, 0.1) is 0 Å². The first-order chi connectivity index (χ1) is 9.50. The Hall–Kier alpha value is -0.830. The molecule has 1 aliphatic rings. The summed E-state index contributed by atoms with van der Waals surface area (Å²) in [6, 6.07) is 0. The standard InChI is InChI=1S/C16H26ClN3/c1-11(2)13-6-5-8-20(9-7-13)16-14(12(3)4)15(17)18-10-19-16/h10-13H,5-9H2,1-4H3. The van der Waals surface area contributed by atoms with Crippen molar-refractivity contribution in [3.63, 3.8) is 0 Å². The Kier molecular flexibility index (Phi) is 5.25. The average Bonchev–Trinajstić information content (AvgIpc) is 2.63. The molecule has 1 aliphatic heterocycles. The summed E-state index contributed by atoms with van der Waals surface area (Å²) in [6.45, 7) is 11.1. The molecule has 0 saturated carbocycles. The predicted octanol–water partition coefficient (Wildman–Crippen LogP) is 4.52. The van der Waals surface area contributed by atoms with Gasteiger partial charge in [-0.1, -0.05) is 39.3 Å². The molecular weight excluding hydrogens is 270 g/mol. The van der Waals surface area contributed by atoms with Gasteiger partial charge in [0.25, 0.3) is 0 Å². The van der Waals surface area contributed by atoms with Crippen LogP contribution in [0.2, 0.25) is 5.15 Å². The van der Waals surface area contributed by atoms with Crippen molar-refractivity contribution >= 4 is 17.4 Å². The molecule has 3 nitrogen and oxygen atoms in total. The van der Waals surface area contributed by atoms with E-state index < -0.39 is 0 Å². The molecule has 0 radical (unpaired) electrons. The van der Waals surface area contributed by atoms with E-state index in [2.05, 4.69) is 42.6 Å². The van der Waals surface area contributed by atoms with Gasteiger partial charge in [-0.2, -0.15) is 0 Å². The second-order valence-corrected chi connectivity index (χ2v) is 6.84. The maximum absolute atomic E-state index is 6.29. The minimum Gasteiger partial charge on any atom is -0.356 e. The van der Waals surface area contributed by atoms with Gasteiger partial charge in [0.2, 0.25) is 0 Å². The van der Waals surface area contributed by atoms with E-state index in [9.17, 15) is 0 Å². The van der Waals surface area contributed by atoms with Crippen LogP contribution in [0.5, 0.6) is 0 Å². The molecule has 4 heteroatoms. The quantitative estimate of drug-likeness (QED) is 0.768. The lowest BCUT2D eigenvalue weighted by atomic mass is 9.89. The Morgan fingerprint density at radius 3 is 2.55 bits per heavy atom. The van der Waals surface area contributed by atoms with E-state index in [1.54, 1.807) is 6.33 Å². The normalized spacial score (nSPS) is 20.6. The van der Waals surface area contributed by atoms with E-state index in [1.807, 2.05) is 0 Å². The molecule has 0 aliphatic carbocycles. The monoisotopic (exact) mass is 295 g/mol. The van der Waals surface area contributed by atoms with E-state index in [1.165, 1.54) is 19.3 Å². The van der Waals surface area contributed by atoms with Crippen molar-refractivity contribution in [3.05, 3.63) is 17.0 Å². The lowest BCUT2D eigenvalue weighted by molar-refractivity contribution is 0.351. The van der Waals surface area contributed by atoms with E-state index in [0.29, 0.717) is 11.1 Å². The summed E-state index contributed by atoms with van der Waals surface area (Å²) in [5.74, 6) is 3.00. The zero-order valence-electron chi connectivity index (χ0n) is 13.1. The van der Waals surface area contributed by atoms with Gasteiger partial charge in [0, 0.05) is 18.7 Å². The molecule has 0 aromatic carbocycles. The van der Waals surface area contributed by atoms with Gasteiger partial charge in [-0.3, -0.25) is 0 Å². The van der Waals surface area contributed by atoms with Gasteiger partial charge in [0.1, 0.15) is 17.3 Å². The third kappa shape index (κ3) is 3.43. The van der Waals surface area contributed by atoms with Crippen LogP contribution in [0, 0.1) is 11.8 Å². The number of anilines is 1. The first-order valence-corrected chi connectivity index (χ1v) is 8.13. The number of halogens is 1. The SMILES string of the molecule is CC(C)c1c(Cl)ncnc1N1CCCC(C(C)C)CC1. The number of nitrogens with zero attached hydrogens (tertiary/aromatic N) is 3. The van der Waals surface area contributed by atoms with Crippen LogP contribution >= 0.6 is 11.6 Å². The summed E-state index contributed by atoms with van der Waals surface area (Å²) in [7, 11) is 0. The molecule has 0 spiro atoms. The van der Waals surface area contributed by atoms with Gasteiger partial charge in [0.15, 0.2) is 0 Å². The van der Waals surface area contributed by atoms with Crippen molar-refractivity contribution in [2.45, 2.75) is 52.9 Å². The van der Waals surface area contributed by atoms with Crippen molar-refractivity contribution in [1.82, 2.24) is 9.97 Å². The zero-order chi connectivity index (χ0) is 14.7.